The zero-order valence-corrected chi connectivity index (χ0v) is 20.1. The van der Waals surface area contributed by atoms with Crippen LogP contribution in [0.4, 0.5) is 5.69 Å². The molecule has 34 heavy (non-hydrogen) atoms. The van der Waals surface area contributed by atoms with Crippen LogP contribution in [0, 0.1) is 13.8 Å². The van der Waals surface area contributed by atoms with E-state index < -0.39 is 5.25 Å². The third-order valence-corrected chi connectivity index (χ3v) is 7.07. The standard InChI is InChI=1S/C25H24N6O2S/c1-15-14-21-27-28-25(30(21)20-13-9-8-12-19(15)20)34-17(3)23(32)26-22-16(2)29(4)31(24(22)33)18-10-6-5-7-11-18/h5-14,17H,1-4H3,(H,26,32)/t17-/m0/s1. The molecule has 8 nitrogen and oxygen atoms in total. The second kappa shape index (κ2) is 8.49. The van der Waals surface area contributed by atoms with Crippen molar-refractivity contribution in [3.63, 3.8) is 0 Å². The second-order valence-corrected chi connectivity index (χ2v) is 9.51. The van der Waals surface area contributed by atoms with Gasteiger partial charge in [0.1, 0.15) is 5.69 Å². The summed E-state index contributed by atoms with van der Waals surface area (Å²) < 4.78 is 5.25. The molecule has 3 aromatic heterocycles. The van der Waals surface area contributed by atoms with Gasteiger partial charge in [0.25, 0.3) is 5.56 Å². The third kappa shape index (κ3) is 3.58. The summed E-state index contributed by atoms with van der Waals surface area (Å²) in [6.07, 6.45) is 0. The van der Waals surface area contributed by atoms with Crippen LogP contribution in [0.25, 0.3) is 22.2 Å². The molecule has 3 heterocycles. The highest BCUT2D eigenvalue weighted by Gasteiger charge is 2.23. The fourth-order valence-corrected chi connectivity index (χ4v) is 4.97. The first kappa shape index (κ1) is 22.0. The number of benzene rings is 2. The number of thioether (sulfide) groups is 1. The number of hydrogen-bond acceptors (Lipinski definition) is 5. The minimum atomic E-state index is -0.503. The first-order chi connectivity index (χ1) is 16.4. The summed E-state index contributed by atoms with van der Waals surface area (Å²) in [5.74, 6) is -0.274. The van der Waals surface area contributed by atoms with Crippen molar-refractivity contribution < 1.29 is 4.79 Å². The highest BCUT2D eigenvalue weighted by Crippen LogP contribution is 2.28. The molecule has 0 spiro atoms. The Bertz CT molecular complexity index is 1600. The monoisotopic (exact) mass is 472 g/mol. The highest BCUT2D eigenvalue weighted by atomic mass is 32.2. The van der Waals surface area contributed by atoms with Crippen LogP contribution in [-0.4, -0.2) is 35.1 Å². The second-order valence-electron chi connectivity index (χ2n) is 8.21. The van der Waals surface area contributed by atoms with Crippen molar-refractivity contribution in [3.05, 3.63) is 82.3 Å². The van der Waals surface area contributed by atoms with Crippen molar-refractivity contribution in [2.45, 2.75) is 31.2 Å². The van der Waals surface area contributed by atoms with E-state index in [1.54, 1.807) is 23.3 Å². The van der Waals surface area contributed by atoms with Crippen molar-refractivity contribution in [1.82, 2.24) is 24.0 Å². The van der Waals surface area contributed by atoms with Gasteiger partial charge in [-0.05, 0) is 50.6 Å². The van der Waals surface area contributed by atoms with Gasteiger partial charge in [0, 0.05) is 12.4 Å². The molecule has 0 unspecified atom stereocenters. The normalized spacial score (nSPS) is 12.4. The Balaban J connectivity index is 1.44. The highest BCUT2D eigenvalue weighted by molar-refractivity contribution is 8.00. The van der Waals surface area contributed by atoms with Crippen LogP contribution in [-0.2, 0) is 11.8 Å². The van der Waals surface area contributed by atoms with Gasteiger partial charge in [0.05, 0.1) is 22.1 Å². The summed E-state index contributed by atoms with van der Waals surface area (Å²) >= 11 is 1.31. The number of rotatable bonds is 5. The minimum absolute atomic E-state index is 0.272. The van der Waals surface area contributed by atoms with Gasteiger partial charge in [-0.2, -0.15) is 0 Å². The van der Waals surface area contributed by atoms with Crippen LogP contribution in [0.1, 0.15) is 18.2 Å². The van der Waals surface area contributed by atoms with Crippen molar-refractivity contribution in [2.24, 2.45) is 7.05 Å². The lowest BCUT2D eigenvalue weighted by molar-refractivity contribution is -0.115. The molecule has 0 saturated heterocycles. The number of amides is 1. The lowest BCUT2D eigenvalue weighted by atomic mass is 10.1. The van der Waals surface area contributed by atoms with Gasteiger partial charge in [0.2, 0.25) is 5.91 Å². The van der Waals surface area contributed by atoms with Gasteiger partial charge in [-0.25, -0.2) is 4.68 Å². The van der Waals surface area contributed by atoms with Gasteiger partial charge in [-0.3, -0.25) is 18.7 Å². The lowest BCUT2D eigenvalue weighted by Gasteiger charge is -2.11. The summed E-state index contributed by atoms with van der Waals surface area (Å²) in [5.41, 5.74) is 4.25. The van der Waals surface area contributed by atoms with E-state index in [1.807, 2.05) is 72.8 Å². The first-order valence-corrected chi connectivity index (χ1v) is 11.8. The molecular weight excluding hydrogens is 448 g/mol. The van der Waals surface area contributed by atoms with Crippen molar-refractivity contribution in [2.75, 3.05) is 5.32 Å². The van der Waals surface area contributed by atoms with Crippen LogP contribution >= 0.6 is 11.8 Å². The number of hydrogen-bond donors (Lipinski definition) is 1. The topological polar surface area (TPSA) is 86.2 Å². The van der Waals surface area contributed by atoms with E-state index in [-0.39, 0.29) is 17.2 Å². The average molecular weight is 473 g/mol. The number of nitrogens with zero attached hydrogens (tertiary/aromatic N) is 5. The zero-order valence-electron chi connectivity index (χ0n) is 19.3. The van der Waals surface area contributed by atoms with Crippen LogP contribution in [0.5, 0.6) is 0 Å². The molecule has 0 bridgehead atoms. The van der Waals surface area contributed by atoms with Gasteiger partial charge < -0.3 is 5.32 Å². The molecule has 0 aliphatic carbocycles. The molecule has 1 N–H and O–H groups in total. The SMILES string of the molecule is Cc1cc2nnc(S[C@@H](C)C(=O)Nc3c(C)n(C)n(-c4ccccc4)c3=O)n2c2ccccc12. The van der Waals surface area contributed by atoms with Gasteiger partial charge in [0.15, 0.2) is 10.8 Å². The number of carbonyl (C=O) groups excluding carboxylic acids is 1. The molecule has 1 amide bonds. The quantitative estimate of drug-likeness (QED) is 0.389. The lowest BCUT2D eigenvalue weighted by Crippen LogP contribution is -2.27. The maximum absolute atomic E-state index is 13.1. The van der Waals surface area contributed by atoms with E-state index >= 15 is 0 Å². The van der Waals surface area contributed by atoms with E-state index in [2.05, 4.69) is 21.6 Å². The van der Waals surface area contributed by atoms with Gasteiger partial charge in [-0.1, -0.05) is 48.2 Å². The summed E-state index contributed by atoms with van der Waals surface area (Å²) in [6, 6.07) is 19.4. The van der Waals surface area contributed by atoms with Crippen LogP contribution in [0.15, 0.2) is 70.6 Å². The molecule has 0 radical (unpaired) electrons. The average Bonchev–Trinajstić information content (AvgIpc) is 3.33. The van der Waals surface area contributed by atoms with E-state index in [0.717, 1.165) is 27.8 Å². The maximum atomic E-state index is 13.1. The molecule has 9 heteroatoms. The Labute approximate surface area is 200 Å². The Morgan fingerprint density at radius 3 is 2.50 bits per heavy atom. The molecular formula is C25H24N6O2S. The van der Waals surface area contributed by atoms with Crippen molar-refractivity contribution in [1.29, 1.82) is 0 Å². The Morgan fingerprint density at radius 2 is 1.74 bits per heavy atom. The molecule has 5 rings (SSSR count). The minimum Gasteiger partial charge on any atom is -0.319 e. The number of carbonyl (C=O) groups is 1. The number of anilines is 1. The molecule has 0 aliphatic rings. The predicted octanol–water partition coefficient (Wildman–Crippen LogP) is 4.11. The van der Waals surface area contributed by atoms with E-state index in [0.29, 0.717) is 10.9 Å². The van der Waals surface area contributed by atoms with Crippen LogP contribution < -0.4 is 10.9 Å². The van der Waals surface area contributed by atoms with Crippen molar-refractivity contribution >= 4 is 39.9 Å². The van der Waals surface area contributed by atoms with E-state index in [1.165, 1.54) is 11.8 Å². The molecule has 0 saturated carbocycles. The van der Waals surface area contributed by atoms with E-state index in [4.69, 9.17) is 0 Å². The molecule has 2 aromatic carbocycles. The number of nitrogens with one attached hydrogen (secondary N) is 1. The predicted molar refractivity (Wildman–Crippen MR) is 135 cm³/mol. The molecule has 172 valence electrons. The fraction of sp³-hybridized carbons (Fsp3) is 0.200. The first-order valence-electron chi connectivity index (χ1n) is 10.9. The van der Waals surface area contributed by atoms with Crippen molar-refractivity contribution in [3.8, 4) is 5.69 Å². The van der Waals surface area contributed by atoms with Gasteiger partial charge in [-0.15, -0.1) is 10.2 Å². The fourth-order valence-electron chi connectivity index (χ4n) is 4.10. The largest absolute Gasteiger partial charge is 0.319 e. The Hall–Kier alpha value is -3.85. The molecule has 5 aromatic rings. The zero-order chi connectivity index (χ0) is 24.0. The van der Waals surface area contributed by atoms with Crippen LogP contribution in [0.2, 0.25) is 0 Å². The van der Waals surface area contributed by atoms with Crippen LogP contribution in [0.3, 0.4) is 0 Å². The summed E-state index contributed by atoms with van der Waals surface area (Å²) in [4.78, 5) is 26.2. The van der Waals surface area contributed by atoms with Gasteiger partial charge >= 0.3 is 0 Å². The Kier molecular flexibility index (Phi) is 5.49. The molecule has 0 aliphatic heterocycles. The number of pyridine rings is 1. The number of aryl methyl sites for hydroxylation is 1. The maximum Gasteiger partial charge on any atom is 0.295 e. The Morgan fingerprint density at radius 1 is 1.03 bits per heavy atom. The smallest absolute Gasteiger partial charge is 0.295 e. The number of para-hydroxylation sites is 2. The van der Waals surface area contributed by atoms with E-state index in [9.17, 15) is 9.59 Å². The molecule has 0 fully saturated rings. The number of aromatic nitrogens is 5. The molecule has 1 atom stereocenters. The third-order valence-electron chi connectivity index (χ3n) is 6.03. The summed E-state index contributed by atoms with van der Waals surface area (Å²) in [7, 11) is 1.80. The number of fused-ring (bicyclic) bond motifs is 3. The summed E-state index contributed by atoms with van der Waals surface area (Å²) in [6.45, 7) is 5.66. The summed E-state index contributed by atoms with van der Waals surface area (Å²) in [5, 5.41) is 12.7.